The first-order chi connectivity index (χ1) is 13.9. The summed E-state index contributed by atoms with van der Waals surface area (Å²) in [6.07, 6.45) is -13.7. The molecule has 31 heavy (non-hydrogen) atoms. The number of carbonyl (C=O) groups is 1. The van der Waals surface area contributed by atoms with Crippen LogP contribution in [0, 0.1) is 5.82 Å². The standard InChI is InChI=1S/C17H7Cl2F10NO/c18-9-5-7(14(21,16(24,25)26)15(22,23)17(27,28)29)6-10(19)12(9)30-13(31)8-3-1-2-4-11(8)20/h1-6H,(H,30,31). The zero-order valence-electron chi connectivity index (χ0n) is 14.4. The van der Waals surface area contributed by atoms with Gasteiger partial charge in [0.25, 0.3) is 5.91 Å². The number of amides is 1. The van der Waals surface area contributed by atoms with E-state index in [1.807, 2.05) is 5.32 Å². The number of nitrogens with one attached hydrogen (secondary N) is 1. The molecule has 0 fully saturated rings. The maximum atomic E-state index is 14.5. The summed E-state index contributed by atoms with van der Waals surface area (Å²) >= 11 is 11.1. The van der Waals surface area contributed by atoms with Gasteiger partial charge < -0.3 is 5.32 Å². The van der Waals surface area contributed by atoms with Crippen LogP contribution in [-0.2, 0) is 5.67 Å². The minimum Gasteiger partial charge on any atom is -0.319 e. The van der Waals surface area contributed by atoms with Crippen molar-refractivity contribution < 1.29 is 48.7 Å². The third-order valence-corrected chi connectivity index (χ3v) is 4.57. The number of rotatable bonds is 4. The van der Waals surface area contributed by atoms with Gasteiger partial charge in [0.15, 0.2) is 0 Å². The van der Waals surface area contributed by atoms with Gasteiger partial charge in [-0.1, -0.05) is 35.3 Å². The normalized spacial score (nSPS) is 14.8. The van der Waals surface area contributed by atoms with E-state index in [-0.39, 0.29) is 12.1 Å². The summed E-state index contributed by atoms with van der Waals surface area (Å²) in [5.41, 5.74) is -9.89. The topological polar surface area (TPSA) is 29.1 Å². The van der Waals surface area contributed by atoms with Gasteiger partial charge in [0.2, 0.25) is 0 Å². The van der Waals surface area contributed by atoms with E-state index in [0.717, 1.165) is 12.1 Å². The summed E-state index contributed by atoms with van der Waals surface area (Å²) in [6.45, 7) is 0. The lowest BCUT2D eigenvalue weighted by molar-refractivity contribution is -0.389. The Hall–Kier alpha value is -2.21. The Morgan fingerprint density at radius 2 is 1.29 bits per heavy atom. The predicted octanol–water partition coefficient (Wildman–Crippen LogP) is 7.31. The number of hydrogen-bond acceptors (Lipinski definition) is 1. The van der Waals surface area contributed by atoms with E-state index in [9.17, 15) is 48.7 Å². The molecule has 14 heteroatoms. The van der Waals surface area contributed by atoms with E-state index in [1.165, 1.54) is 12.1 Å². The van der Waals surface area contributed by atoms with Gasteiger partial charge in [-0.25, -0.2) is 8.78 Å². The minimum atomic E-state index is -6.94. The monoisotopic (exact) mass is 501 g/mol. The highest BCUT2D eigenvalue weighted by molar-refractivity contribution is 6.40. The Labute approximate surface area is 176 Å². The van der Waals surface area contributed by atoms with Gasteiger partial charge in [-0.2, -0.15) is 35.1 Å². The van der Waals surface area contributed by atoms with E-state index in [1.54, 1.807) is 0 Å². The van der Waals surface area contributed by atoms with Gasteiger partial charge in [0.1, 0.15) is 5.82 Å². The van der Waals surface area contributed by atoms with E-state index in [4.69, 9.17) is 23.2 Å². The van der Waals surface area contributed by atoms with Crippen molar-refractivity contribution in [3.63, 3.8) is 0 Å². The molecule has 0 aliphatic carbocycles. The molecule has 170 valence electrons. The van der Waals surface area contributed by atoms with E-state index < -0.39 is 62.5 Å². The van der Waals surface area contributed by atoms with Crippen LogP contribution in [0.3, 0.4) is 0 Å². The Balaban J connectivity index is 2.60. The minimum absolute atomic E-state index is 0.197. The molecule has 2 nitrogen and oxygen atoms in total. The van der Waals surface area contributed by atoms with Crippen LogP contribution in [0.2, 0.25) is 10.0 Å². The fourth-order valence-corrected chi connectivity index (χ4v) is 3.02. The number of benzene rings is 2. The summed E-state index contributed by atoms with van der Waals surface area (Å²) in [6, 6.07) is 3.93. The summed E-state index contributed by atoms with van der Waals surface area (Å²) in [5.74, 6) is -9.20. The Bertz CT molecular complexity index is 982. The van der Waals surface area contributed by atoms with Gasteiger partial charge in [0.05, 0.1) is 21.3 Å². The van der Waals surface area contributed by atoms with Crippen molar-refractivity contribution in [2.75, 3.05) is 5.32 Å². The second-order valence-electron chi connectivity index (χ2n) is 5.98. The lowest BCUT2D eigenvalue weighted by Gasteiger charge is -2.36. The molecule has 0 saturated carbocycles. The lowest BCUT2D eigenvalue weighted by atomic mass is 9.87. The van der Waals surface area contributed by atoms with Gasteiger partial charge in [-0.15, -0.1) is 0 Å². The molecular formula is C17H7Cl2F10NO. The Morgan fingerprint density at radius 1 is 0.806 bits per heavy atom. The quantitative estimate of drug-likeness (QED) is 0.437. The Kier molecular flexibility index (Phi) is 6.50. The first-order valence-electron chi connectivity index (χ1n) is 7.70. The smallest absolute Gasteiger partial charge is 0.319 e. The van der Waals surface area contributed by atoms with Gasteiger partial charge in [0, 0.05) is 5.56 Å². The summed E-state index contributed by atoms with van der Waals surface area (Å²) in [5, 5.41) is -0.363. The molecule has 0 heterocycles. The van der Waals surface area contributed by atoms with Gasteiger partial charge in [-0.05, 0) is 24.3 Å². The van der Waals surface area contributed by atoms with Crippen molar-refractivity contribution in [1.29, 1.82) is 0 Å². The average Bonchev–Trinajstić information content (AvgIpc) is 2.61. The highest BCUT2D eigenvalue weighted by atomic mass is 35.5. The molecule has 0 aliphatic rings. The molecule has 0 saturated heterocycles. The number of halogens is 12. The summed E-state index contributed by atoms with van der Waals surface area (Å²) < 4.78 is 132. The number of alkyl halides is 9. The van der Waals surface area contributed by atoms with E-state index >= 15 is 0 Å². The molecule has 0 bridgehead atoms. The van der Waals surface area contributed by atoms with Crippen LogP contribution in [-0.4, -0.2) is 24.2 Å². The second kappa shape index (κ2) is 8.05. The first-order valence-corrected chi connectivity index (χ1v) is 8.46. The van der Waals surface area contributed by atoms with Crippen molar-refractivity contribution in [2.45, 2.75) is 23.9 Å². The maximum Gasteiger partial charge on any atom is 0.457 e. The zero-order chi connectivity index (χ0) is 24.0. The number of hydrogen-bond donors (Lipinski definition) is 1. The lowest BCUT2D eigenvalue weighted by Crippen LogP contribution is -2.59. The highest BCUT2D eigenvalue weighted by Gasteiger charge is 2.81. The van der Waals surface area contributed by atoms with Crippen molar-refractivity contribution >= 4 is 34.8 Å². The molecule has 1 atom stereocenters. The molecule has 2 rings (SSSR count). The van der Waals surface area contributed by atoms with Crippen LogP contribution in [0.25, 0.3) is 0 Å². The van der Waals surface area contributed by atoms with Crippen molar-refractivity contribution in [2.24, 2.45) is 0 Å². The maximum absolute atomic E-state index is 14.5. The van der Waals surface area contributed by atoms with E-state index in [0.29, 0.717) is 0 Å². The largest absolute Gasteiger partial charge is 0.457 e. The fourth-order valence-electron chi connectivity index (χ4n) is 2.44. The highest BCUT2D eigenvalue weighted by Crippen LogP contribution is 2.59. The molecule has 0 spiro atoms. The molecule has 0 aromatic heterocycles. The second-order valence-corrected chi connectivity index (χ2v) is 6.79. The molecular weight excluding hydrogens is 495 g/mol. The van der Waals surface area contributed by atoms with Crippen LogP contribution in [0.4, 0.5) is 49.6 Å². The molecule has 1 unspecified atom stereocenters. The van der Waals surface area contributed by atoms with Crippen molar-refractivity contribution in [3.8, 4) is 0 Å². The van der Waals surface area contributed by atoms with Crippen LogP contribution >= 0.6 is 23.2 Å². The third kappa shape index (κ3) is 4.27. The molecule has 2 aromatic rings. The number of anilines is 1. The van der Waals surface area contributed by atoms with Crippen LogP contribution in [0.5, 0.6) is 0 Å². The molecule has 0 aliphatic heterocycles. The zero-order valence-corrected chi connectivity index (χ0v) is 15.9. The Morgan fingerprint density at radius 3 is 1.71 bits per heavy atom. The number of carbonyl (C=O) groups excluding carboxylic acids is 1. The van der Waals surface area contributed by atoms with Crippen LogP contribution < -0.4 is 5.32 Å². The molecule has 0 radical (unpaired) electrons. The first kappa shape index (κ1) is 25.1. The van der Waals surface area contributed by atoms with Crippen molar-refractivity contribution in [3.05, 3.63) is 63.4 Å². The van der Waals surface area contributed by atoms with E-state index in [2.05, 4.69) is 0 Å². The van der Waals surface area contributed by atoms with Crippen molar-refractivity contribution in [1.82, 2.24) is 0 Å². The SMILES string of the molecule is O=C(Nc1c(Cl)cc(C(F)(C(F)(F)F)C(F)(F)C(F)(F)F)cc1Cl)c1ccccc1F. The third-order valence-electron chi connectivity index (χ3n) is 3.98. The fraction of sp³-hybridized carbons (Fsp3) is 0.235. The molecule has 1 amide bonds. The van der Waals surface area contributed by atoms with Crippen LogP contribution in [0.1, 0.15) is 15.9 Å². The summed E-state index contributed by atoms with van der Waals surface area (Å²) in [4.78, 5) is 12.1. The average molecular weight is 502 g/mol. The van der Waals surface area contributed by atoms with Gasteiger partial charge >= 0.3 is 23.9 Å². The van der Waals surface area contributed by atoms with Crippen LogP contribution in [0.15, 0.2) is 36.4 Å². The molecule has 1 N–H and O–H groups in total. The summed E-state index contributed by atoms with van der Waals surface area (Å²) in [7, 11) is 0. The van der Waals surface area contributed by atoms with Gasteiger partial charge in [-0.3, -0.25) is 4.79 Å². The predicted molar refractivity (Wildman–Crippen MR) is 90.7 cm³/mol. The molecule has 2 aromatic carbocycles.